The molecule has 0 bridgehead atoms. The van der Waals surface area contributed by atoms with Gasteiger partial charge in [0.15, 0.2) is 11.5 Å². The second-order valence-corrected chi connectivity index (χ2v) is 8.85. The lowest BCUT2D eigenvalue weighted by atomic mass is 10.2. The van der Waals surface area contributed by atoms with E-state index in [4.69, 9.17) is 4.74 Å². The Morgan fingerprint density at radius 3 is 2.87 bits per heavy atom. The number of fused-ring (bicyclic) bond motifs is 3. The molecule has 1 fully saturated rings. The van der Waals surface area contributed by atoms with Crippen molar-refractivity contribution in [2.45, 2.75) is 12.6 Å². The molecule has 0 aliphatic carbocycles. The third-order valence-electron chi connectivity index (χ3n) is 6.16. The SMILES string of the molecule is Cn1cc(-c2nc3c4ncccc4nc(N[C@@H]4CN(C(=O)OCc5ccccc5)CCNC4=O)n3n2)cn1. The maximum atomic E-state index is 12.9. The summed E-state index contributed by atoms with van der Waals surface area (Å²) in [6.07, 6.45) is 4.64. The number of rotatable bonds is 5. The van der Waals surface area contributed by atoms with Crippen molar-refractivity contribution in [1.82, 2.24) is 44.6 Å². The van der Waals surface area contributed by atoms with Gasteiger partial charge in [-0.1, -0.05) is 30.3 Å². The number of carbonyl (C=O) groups excluding carboxylic acids is 2. The number of carbonyl (C=O) groups is 2. The van der Waals surface area contributed by atoms with Crippen molar-refractivity contribution < 1.29 is 14.3 Å². The monoisotopic (exact) mass is 512 g/mol. The summed E-state index contributed by atoms with van der Waals surface area (Å²) in [5, 5.41) is 14.8. The highest BCUT2D eigenvalue weighted by Crippen LogP contribution is 2.23. The zero-order valence-electron chi connectivity index (χ0n) is 20.5. The molecule has 0 unspecified atom stereocenters. The van der Waals surface area contributed by atoms with E-state index in [-0.39, 0.29) is 19.1 Å². The number of benzene rings is 1. The Kier molecular flexibility index (Phi) is 6.00. The largest absolute Gasteiger partial charge is 0.445 e. The highest BCUT2D eigenvalue weighted by atomic mass is 16.6. The average molecular weight is 513 g/mol. The summed E-state index contributed by atoms with van der Waals surface area (Å²) in [5.41, 5.74) is 3.24. The summed E-state index contributed by atoms with van der Waals surface area (Å²) >= 11 is 0. The lowest BCUT2D eigenvalue weighted by Crippen LogP contribution is -2.44. The normalized spacial score (nSPS) is 15.9. The van der Waals surface area contributed by atoms with Crippen LogP contribution in [0.4, 0.5) is 10.7 Å². The van der Waals surface area contributed by atoms with Crippen LogP contribution in [0.2, 0.25) is 0 Å². The molecule has 13 nitrogen and oxygen atoms in total. The minimum Gasteiger partial charge on any atom is -0.445 e. The number of aromatic nitrogens is 7. The van der Waals surface area contributed by atoms with Crippen LogP contribution in [-0.2, 0) is 23.2 Å². The predicted octanol–water partition coefficient (Wildman–Crippen LogP) is 1.62. The maximum Gasteiger partial charge on any atom is 0.410 e. The van der Waals surface area contributed by atoms with Crippen molar-refractivity contribution in [3.05, 3.63) is 66.6 Å². The molecule has 5 heterocycles. The number of pyridine rings is 1. The van der Waals surface area contributed by atoms with Crippen molar-refractivity contribution in [1.29, 1.82) is 0 Å². The van der Waals surface area contributed by atoms with Gasteiger partial charge in [-0.3, -0.25) is 14.5 Å². The predicted molar refractivity (Wildman–Crippen MR) is 137 cm³/mol. The van der Waals surface area contributed by atoms with E-state index < -0.39 is 12.1 Å². The van der Waals surface area contributed by atoms with Gasteiger partial charge >= 0.3 is 6.09 Å². The standard InChI is InChI=1S/C25H24N10O3/c1-33-13-17(12-28-33)21-31-22-20-18(8-5-9-26-20)29-24(35(22)32-21)30-19-14-34(11-10-27-23(19)36)25(37)38-15-16-6-3-2-4-7-16/h2-9,12-13,19H,10-11,14-15H2,1H3,(H,27,36)(H,29,30)/t19-/m1/s1. The number of ether oxygens (including phenoxy) is 1. The zero-order chi connectivity index (χ0) is 26.1. The molecule has 1 aromatic carbocycles. The fourth-order valence-electron chi connectivity index (χ4n) is 4.26. The molecule has 1 aliphatic heterocycles. The summed E-state index contributed by atoms with van der Waals surface area (Å²) in [5.74, 6) is 0.470. The van der Waals surface area contributed by atoms with Gasteiger partial charge in [-0.15, -0.1) is 5.10 Å². The number of hydrogen-bond donors (Lipinski definition) is 2. The Labute approximate surface area is 216 Å². The molecule has 4 aromatic heterocycles. The number of hydrogen-bond acceptors (Lipinski definition) is 9. The second-order valence-electron chi connectivity index (χ2n) is 8.85. The molecule has 2 amide bonds. The summed E-state index contributed by atoms with van der Waals surface area (Å²) in [6.45, 7) is 0.844. The first-order valence-electron chi connectivity index (χ1n) is 12.1. The van der Waals surface area contributed by atoms with Crippen LogP contribution in [0.1, 0.15) is 5.56 Å². The van der Waals surface area contributed by atoms with Gasteiger partial charge in [0.2, 0.25) is 11.9 Å². The lowest BCUT2D eigenvalue weighted by molar-refractivity contribution is -0.121. The van der Waals surface area contributed by atoms with E-state index in [1.165, 1.54) is 9.42 Å². The summed E-state index contributed by atoms with van der Waals surface area (Å²) < 4.78 is 8.68. The highest BCUT2D eigenvalue weighted by Gasteiger charge is 2.30. The molecule has 0 spiro atoms. The molecule has 6 rings (SSSR count). The fraction of sp³-hybridized carbons (Fsp3) is 0.240. The summed E-state index contributed by atoms with van der Waals surface area (Å²) in [4.78, 5) is 41.1. The van der Waals surface area contributed by atoms with E-state index in [9.17, 15) is 9.59 Å². The van der Waals surface area contributed by atoms with Crippen molar-refractivity contribution >= 4 is 34.6 Å². The molecule has 38 heavy (non-hydrogen) atoms. The van der Waals surface area contributed by atoms with Crippen LogP contribution in [0.25, 0.3) is 28.1 Å². The van der Waals surface area contributed by atoms with E-state index in [2.05, 4.69) is 35.8 Å². The quantitative estimate of drug-likeness (QED) is 0.359. The van der Waals surface area contributed by atoms with E-state index in [1.807, 2.05) is 49.6 Å². The zero-order valence-corrected chi connectivity index (χ0v) is 20.5. The van der Waals surface area contributed by atoms with Crippen LogP contribution in [0.5, 0.6) is 0 Å². The van der Waals surface area contributed by atoms with Crippen molar-refractivity contribution in [2.75, 3.05) is 25.0 Å². The van der Waals surface area contributed by atoms with Gasteiger partial charge in [0.1, 0.15) is 18.2 Å². The number of nitrogens with zero attached hydrogens (tertiary/aromatic N) is 8. The van der Waals surface area contributed by atoms with Crippen LogP contribution in [0.15, 0.2) is 61.1 Å². The number of nitrogens with one attached hydrogen (secondary N) is 2. The van der Waals surface area contributed by atoms with E-state index >= 15 is 0 Å². The Balaban J connectivity index is 1.30. The maximum absolute atomic E-state index is 12.9. The third-order valence-corrected chi connectivity index (χ3v) is 6.16. The van der Waals surface area contributed by atoms with Gasteiger partial charge in [0, 0.05) is 32.5 Å². The van der Waals surface area contributed by atoms with Gasteiger partial charge in [0.05, 0.1) is 23.8 Å². The molecular formula is C25H24N10O3. The van der Waals surface area contributed by atoms with E-state index in [0.717, 1.165) is 11.1 Å². The topological polar surface area (TPSA) is 144 Å². The Morgan fingerprint density at radius 1 is 1.18 bits per heavy atom. The minimum atomic E-state index is -0.808. The molecule has 1 aliphatic rings. The molecule has 13 heteroatoms. The molecule has 0 saturated carbocycles. The number of amides is 2. The van der Waals surface area contributed by atoms with Crippen LogP contribution in [0, 0.1) is 0 Å². The van der Waals surface area contributed by atoms with Gasteiger partial charge < -0.3 is 20.3 Å². The highest BCUT2D eigenvalue weighted by molar-refractivity contribution is 5.90. The summed E-state index contributed by atoms with van der Waals surface area (Å²) in [7, 11) is 1.81. The first-order chi connectivity index (χ1) is 18.5. The van der Waals surface area contributed by atoms with Crippen LogP contribution >= 0.6 is 0 Å². The van der Waals surface area contributed by atoms with E-state index in [1.54, 1.807) is 23.1 Å². The van der Waals surface area contributed by atoms with Gasteiger partial charge in [-0.05, 0) is 17.7 Å². The van der Waals surface area contributed by atoms with Gasteiger partial charge in [-0.25, -0.2) is 14.8 Å². The average Bonchev–Trinajstić information content (AvgIpc) is 3.53. The van der Waals surface area contributed by atoms with Crippen LogP contribution in [0.3, 0.4) is 0 Å². The molecular weight excluding hydrogens is 488 g/mol. The Bertz CT molecular complexity index is 1630. The molecule has 5 aromatic rings. The van der Waals surface area contributed by atoms with Gasteiger partial charge in [-0.2, -0.15) is 9.61 Å². The van der Waals surface area contributed by atoms with Crippen molar-refractivity contribution in [2.24, 2.45) is 7.05 Å². The smallest absolute Gasteiger partial charge is 0.410 e. The molecule has 192 valence electrons. The van der Waals surface area contributed by atoms with Crippen molar-refractivity contribution in [3.8, 4) is 11.4 Å². The molecule has 0 radical (unpaired) electrons. The van der Waals surface area contributed by atoms with Crippen molar-refractivity contribution in [3.63, 3.8) is 0 Å². The van der Waals surface area contributed by atoms with Crippen LogP contribution < -0.4 is 10.6 Å². The fourth-order valence-corrected chi connectivity index (χ4v) is 4.26. The van der Waals surface area contributed by atoms with E-state index in [0.29, 0.717) is 41.5 Å². The Morgan fingerprint density at radius 2 is 2.05 bits per heavy atom. The Hall–Kier alpha value is -5.07. The number of anilines is 1. The first-order valence-corrected chi connectivity index (χ1v) is 12.1. The number of aryl methyl sites for hydroxylation is 1. The lowest BCUT2D eigenvalue weighted by Gasteiger charge is -2.23. The van der Waals surface area contributed by atoms with Gasteiger partial charge in [0.25, 0.3) is 0 Å². The minimum absolute atomic E-state index is 0.0812. The molecule has 1 atom stereocenters. The molecule has 2 N–H and O–H groups in total. The van der Waals surface area contributed by atoms with Crippen LogP contribution in [-0.4, -0.2) is 76.9 Å². The summed E-state index contributed by atoms with van der Waals surface area (Å²) in [6, 6.07) is 12.2. The molecule has 1 saturated heterocycles. The third kappa shape index (κ3) is 4.56. The second kappa shape index (κ2) is 9.76. The first kappa shape index (κ1) is 23.3.